The number of ether oxygens (including phenoxy) is 2. The van der Waals surface area contributed by atoms with Gasteiger partial charge in [-0.05, 0) is 99.8 Å². The van der Waals surface area contributed by atoms with Crippen LogP contribution in [0.25, 0.3) is 0 Å². The molecule has 0 saturated heterocycles. The fraction of sp³-hybridized carbons (Fsp3) is 0.323. The van der Waals surface area contributed by atoms with Crippen molar-refractivity contribution in [2.45, 2.75) is 59.3 Å². The van der Waals surface area contributed by atoms with Crippen LogP contribution in [0.1, 0.15) is 57.7 Å². The molecule has 0 unspecified atom stereocenters. The van der Waals surface area contributed by atoms with Crippen LogP contribution in [-0.2, 0) is 16.0 Å². The van der Waals surface area contributed by atoms with Crippen molar-refractivity contribution in [3.8, 4) is 11.8 Å². The maximum absolute atomic E-state index is 13.4. The van der Waals surface area contributed by atoms with E-state index in [1.807, 2.05) is 0 Å². The van der Waals surface area contributed by atoms with Crippen LogP contribution >= 0.6 is 15.9 Å². The van der Waals surface area contributed by atoms with E-state index in [9.17, 15) is 23.6 Å². The summed E-state index contributed by atoms with van der Waals surface area (Å²) in [6.45, 7) is 9.62. The Morgan fingerprint density at radius 2 is 1.57 bits per heavy atom. The van der Waals surface area contributed by atoms with Gasteiger partial charge in [-0.25, -0.2) is 19.0 Å². The Morgan fingerprint density at radius 1 is 1.00 bits per heavy atom. The van der Waals surface area contributed by atoms with Crippen LogP contribution in [0, 0.1) is 17.7 Å². The van der Waals surface area contributed by atoms with Crippen molar-refractivity contribution >= 4 is 51.2 Å². The third-order valence-corrected chi connectivity index (χ3v) is 6.17. The standard InChI is InChI=1S/C31H33BrFN5O6/c1-30(2,3)43-28(41)38(29(42)44-31(4,5)6)26-21(32)18-22(34)23(35-26)10-9-17-37-24(11-8-12-25(37)39)27(40)36(7)20-15-13-19(33)14-16-20/h8,11-16,18H,17,34H2,1-7H3. The van der Waals surface area contributed by atoms with Gasteiger partial charge in [0.2, 0.25) is 0 Å². The lowest BCUT2D eigenvalue weighted by Crippen LogP contribution is -2.44. The SMILES string of the molecule is CN(C(=O)c1cccc(=O)n1CC#Cc1nc(N(C(=O)OC(C)(C)C)C(=O)OC(C)(C)C)c(Br)cc1N)c1ccc(F)cc1. The van der Waals surface area contributed by atoms with Gasteiger partial charge in [0.1, 0.15) is 28.4 Å². The van der Waals surface area contributed by atoms with Gasteiger partial charge in [-0.3, -0.25) is 14.2 Å². The van der Waals surface area contributed by atoms with Gasteiger partial charge in [-0.1, -0.05) is 12.0 Å². The monoisotopic (exact) mass is 669 g/mol. The number of aromatic nitrogens is 2. The topological polar surface area (TPSA) is 137 Å². The first kappa shape index (κ1) is 33.8. The molecule has 0 radical (unpaired) electrons. The third-order valence-electron chi connectivity index (χ3n) is 5.58. The fourth-order valence-corrected chi connectivity index (χ4v) is 4.15. The molecule has 3 amide bonds. The highest BCUT2D eigenvalue weighted by atomic mass is 79.9. The summed E-state index contributed by atoms with van der Waals surface area (Å²) >= 11 is 3.30. The van der Waals surface area contributed by atoms with Crippen LogP contribution in [-0.4, -0.2) is 45.9 Å². The predicted molar refractivity (Wildman–Crippen MR) is 168 cm³/mol. The highest BCUT2D eigenvalue weighted by Gasteiger charge is 2.35. The molecule has 0 bridgehead atoms. The van der Waals surface area contributed by atoms with E-state index in [1.54, 1.807) is 41.5 Å². The number of pyridine rings is 2. The molecule has 0 aliphatic carbocycles. The van der Waals surface area contributed by atoms with Crippen molar-refractivity contribution in [3.05, 3.63) is 80.6 Å². The maximum Gasteiger partial charge on any atom is 0.425 e. The van der Waals surface area contributed by atoms with Crippen LogP contribution in [0.5, 0.6) is 0 Å². The van der Waals surface area contributed by atoms with Gasteiger partial charge in [-0.2, -0.15) is 4.90 Å². The second-order valence-electron chi connectivity index (χ2n) is 11.5. The molecule has 44 heavy (non-hydrogen) atoms. The lowest BCUT2D eigenvalue weighted by molar-refractivity contribution is 0.0428. The van der Waals surface area contributed by atoms with Crippen LogP contribution in [0.3, 0.4) is 0 Å². The van der Waals surface area contributed by atoms with Crippen molar-refractivity contribution in [2.75, 3.05) is 22.6 Å². The Hall–Kier alpha value is -4.70. The Bertz CT molecular complexity index is 1670. The van der Waals surface area contributed by atoms with Crippen LogP contribution < -0.4 is 21.1 Å². The molecular formula is C31H33BrFN5O6. The number of carbonyl (C=O) groups is 3. The Labute approximate surface area is 262 Å². The van der Waals surface area contributed by atoms with E-state index in [4.69, 9.17) is 15.2 Å². The summed E-state index contributed by atoms with van der Waals surface area (Å²) in [6.07, 6.45) is -2.07. The minimum absolute atomic E-state index is 0.0133. The summed E-state index contributed by atoms with van der Waals surface area (Å²) in [5.41, 5.74) is 4.33. The average Bonchev–Trinajstić information content (AvgIpc) is 2.89. The summed E-state index contributed by atoms with van der Waals surface area (Å²) < 4.78 is 25.6. The Morgan fingerprint density at radius 3 is 2.11 bits per heavy atom. The molecule has 2 aromatic heterocycles. The maximum atomic E-state index is 13.4. The van der Waals surface area contributed by atoms with Crippen LogP contribution in [0.15, 0.2) is 57.8 Å². The van der Waals surface area contributed by atoms with Gasteiger partial charge in [0.15, 0.2) is 5.82 Å². The van der Waals surface area contributed by atoms with Crippen molar-refractivity contribution < 1.29 is 28.2 Å². The van der Waals surface area contributed by atoms with Gasteiger partial charge in [0.25, 0.3) is 11.5 Å². The summed E-state index contributed by atoms with van der Waals surface area (Å²) in [5.74, 6) is 4.38. The van der Waals surface area contributed by atoms with Gasteiger partial charge >= 0.3 is 12.2 Å². The average molecular weight is 671 g/mol. The number of halogens is 2. The number of imide groups is 1. The molecule has 1 aromatic carbocycles. The molecule has 0 fully saturated rings. The predicted octanol–water partition coefficient (Wildman–Crippen LogP) is 5.73. The van der Waals surface area contributed by atoms with Gasteiger partial charge in [0.05, 0.1) is 16.7 Å². The molecule has 2 heterocycles. The molecule has 0 saturated carbocycles. The number of rotatable bonds is 4. The number of benzene rings is 1. The Kier molecular flexibility index (Phi) is 10.2. The van der Waals surface area contributed by atoms with E-state index in [0.717, 1.165) is 0 Å². The lowest BCUT2D eigenvalue weighted by atomic mass is 10.2. The lowest BCUT2D eigenvalue weighted by Gasteiger charge is -2.28. The van der Waals surface area contributed by atoms with Crippen molar-refractivity contribution in [3.63, 3.8) is 0 Å². The number of nitrogens with two attached hydrogens (primary N) is 1. The normalized spacial score (nSPS) is 11.2. The molecule has 3 aromatic rings. The molecule has 0 aliphatic heterocycles. The smallest absolute Gasteiger partial charge is 0.425 e. The largest absolute Gasteiger partial charge is 0.443 e. The summed E-state index contributed by atoms with van der Waals surface area (Å²) in [4.78, 5) is 58.5. The number of hydrogen-bond donors (Lipinski definition) is 1. The number of nitrogens with zero attached hydrogens (tertiary/aromatic N) is 4. The summed E-state index contributed by atoms with van der Waals surface area (Å²) in [5, 5.41) is 0. The number of amides is 3. The second kappa shape index (κ2) is 13.3. The molecule has 232 valence electrons. The highest BCUT2D eigenvalue weighted by molar-refractivity contribution is 9.10. The fourth-order valence-electron chi connectivity index (χ4n) is 3.64. The number of hydrogen-bond acceptors (Lipinski definition) is 8. The first-order valence-corrected chi connectivity index (χ1v) is 14.1. The first-order chi connectivity index (χ1) is 20.4. The molecule has 0 aliphatic rings. The van der Waals surface area contributed by atoms with Gasteiger partial charge in [-0.15, -0.1) is 0 Å². The van der Waals surface area contributed by atoms with E-state index in [-0.39, 0.29) is 33.9 Å². The number of anilines is 3. The van der Waals surface area contributed by atoms with E-state index in [1.165, 1.54) is 65.0 Å². The molecule has 3 rings (SSSR count). The van der Waals surface area contributed by atoms with E-state index in [2.05, 4.69) is 32.8 Å². The zero-order chi connectivity index (χ0) is 33.0. The van der Waals surface area contributed by atoms with Crippen molar-refractivity contribution in [1.82, 2.24) is 9.55 Å². The molecule has 0 spiro atoms. The quantitative estimate of drug-likeness (QED) is 0.348. The highest BCUT2D eigenvalue weighted by Crippen LogP contribution is 2.30. The molecule has 13 heteroatoms. The second-order valence-corrected chi connectivity index (χ2v) is 12.4. The van der Waals surface area contributed by atoms with Gasteiger partial charge < -0.3 is 20.1 Å². The summed E-state index contributed by atoms with van der Waals surface area (Å²) in [6, 6.07) is 10.9. The number of nitrogen functional groups attached to an aromatic ring is 1. The van der Waals surface area contributed by atoms with Gasteiger partial charge in [0, 0.05) is 18.8 Å². The van der Waals surface area contributed by atoms with Crippen molar-refractivity contribution in [1.29, 1.82) is 0 Å². The summed E-state index contributed by atoms with van der Waals surface area (Å²) in [7, 11) is 1.50. The van der Waals surface area contributed by atoms with E-state index < -0.39 is 40.7 Å². The van der Waals surface area contributed by atoms with Crippen molar-refractivity contribution in [2.24, 2.45) is 0 Å². The minimum Gasteiger partial charge on any atom is -0.443 e. The van der Waals surface area contributed by atoms with E-state index in [0.29, 0.717) is 10.6 Å². The molecule has 2 N–H and O–H groups in total. The zero-order valence-electron chi connectivity index (χ0n) is 25.4. The van der Waals surface area contributed by atoms with Crippen LogP contribution in [0.4, 0.5) is 31.2 Å². The van der Waals surface area contributed by atoms with Crippen LogP contribution in [0.2, 0.25) is 0 Å². The zero-order valence-corrected chi connectivity index (χ0v) is 27.0. The van der Waals surface area contributed by atoms with E-state index >= 15 is 0 Å². The third kappa shape index (κ3) is 8.67. The first-order valence-electron chi connectivity index (χ1n) is 13.3. The molecule has 11 nitrogen and oxygen atoms in total. The number of carbonyl (C=O) groups excluding carboxylic acids is 3. The molecule has 0 atom stereocenters. The Balaban J connectivity index is 2.00. The molecular weight excluding hydrogens is 637 g/mol. The minimum atomic E-state index is -1.03.